The molecule has 0 saturated carbocycles. The van der Waals surface area contributed by atoms with Crippen molar-refractivity contribution in [1.82, 2.24) is 9.78 Å². The predicted molar refractivity (Wildman–Crippen MR) is 92.2 cm³/mol. The van der Waals surface area contributed by atoms with Gasteiger partial charge in [-0.1, -0.05) is 28.1 Å². The van der Waals surface area contributed by atoms with Crippen molar-refractivity contribution >= 4 is 49.4 Å². The van der Waals surface area contributed by atoms with Gasteiger partial charge < -0.3 is 4.74 Å². The molecule has 0 unspecified atom stereocenters. The van der Waals surface area contributed by atoms with Gasteiger partial charge in [0, 0.05) is 13.4 Å². The van der Waals surface area contributed by atoms with Gasteiger partial charge in [-0.25, -0.2) is 0 Å². The lowest BCUT2D eigenvalue weighted by molar-refractivity contribution is 0.414. The van der Waals surface area contributed by atoms with E-state index in [0.717, 1.165) is 22.2 Å². The molecule has 0 radical (unpaired) electrons. The quantitative estimate of drug-likeness (QED) is 0.560. The average molecular weight is 443 g/mol. The first-order valence-electron chi connectivity index (χ1n) is 6.11. The van der Waals surface area contributed by atoms with E-state index in [2.05, 4.69) is 67.9 Å². The molecule has 0 amide bonds. The van der Waals surface area contributed by atoms with Crippen LogP contribution in [0.25, 0.3) is 10.9 Å². The summed E-state index contributed by atoms with van der Waals surface area (Å²) in [5, 5.41) is 5.65. The molecule has 0 bridgehead atoms. The zero-order valence-corrected chi connectivity index (χ0v) is 14.6. The first kappa shape index (κ1) is 13.9. The smallest absolute Gasteiger partial charge is 0.118 e. The maximum atomic E-state index is 5.18. The lowest BCUT2D eigenvalue weighted by Gasteiger charge is -2.07. The van der Waals surface area contributed by atoms with Crippen LogP contribution in [0.5, 0.6) is 5.75 Å². The Morgan fingerprint density at radius 2 is 2.00 bits per heavy atom. The number of rotatable bonds is 3. The van der Waals surface area contributed by atoms with Crippen molar-refractivity contribution in [2.24, 2.45) is 0 Å². The van der Waals surface area contributed by atoms with Crippen LogP contribution >= 0.6 is 38.5 Å². The molecule has 3 rings (SSSR count). The molecule has 0 aliphatic heterocycles. The van der Waals surface area contributed by atoms with Gasteiger partial charge in [-0.2, -0.15) is 5.10 Å². The molecule has 1 aromatic heterocycles. The molecule has 0 N–H and O–H groups in total. The molecule has 0 atom stereocenters. The van der Waals surface area contributed by atoms with Crippen LogP contribution < -0.4 is 4.74 Å². The minimum atomic E-state index is 0.755. The monoisotopic (exact) mass is 442 g/mol. The van der Waals surface area contributed by atoms with E-state index in [1.807, 2.05) is 23.0 Å². The number of fused-ring (bicyclic) bond motifs is 1. The summed E-state index contributed by atoms with van der Waals surface area (Å²) in [6.45, 7) is 0.755. The molecule has 3 aromatic rings. The van der Waals surface area contributed by atoms with Crippen molar-refractivity contribution in [2.45, 2.75) is 6.54 Å². The Balaban J connectivity index is 1.98. The van der Waals surface area contributed by atoms with Crippen LogP contribution in [-0.2, 0) is 6.54 Å². The molecule has 102 valence electrons. The number of hydrogen-bond acceptors (Lipinski definition) is 2. The summed E-state index contributed by atoms with van der Waals surface area (Å²) in [6.07, 6.45) is 1.91. The molecule has 0 aliphatic rings. The lowest BCUT2D eigenvalue weighted by Crippen LogP contribution is -2.02. The van der Waals surface area contributed by atoms with Crippen molar-refractivity contribution in [3.05, 3.63) is 56.2 Å². The second-order valence-corrected chi connectivity index (χ2v) is 6.55. The van der Waals surface area contributed by atoms with E-state index in [0.29, 0.717) is 0 Å². The Labute approximate surface area is 139 Å². The molecule has 20 heavy (non-hydrogen) atoms. The molecular formula is C15H12BrIN2O. The molecule has 0 spiro atoms. The summed E-state index contributed by atoms with van der Waals surface area (Å²) >= 11 is 5.87. The number of methoxy groups -OCH3 is 1. The van der Waals surface area contributed by atoms with Gasteiger partial charge in [0.1, 0.15) is 5.75 Å². The summed E-state index contributed by atoms with van der Waals surface area (Å²) < 4.78 is 9.49. The van der Waals surface area contributed by atoms with Gasteiger partial charge in [-0.3, -0.25) is 4.68 Å². The van der Waals surface area contributed by atoms with E-state index in [1.54, 1.807) is 7.11 Å². The summed E-state index contributed by atoms with van der Waals surface area (Å²) in [6, 6.07) is 12.3. The Morgan fingerprint density at radius 3 is 2.70 bits per heavy atom. The van der Waals surface area contributed by atoms with E-state index in [1.165, 1.54) is 14.7 Å². The van der Waals surface area contributed by atoms with Crippen molar-refractivity contribution < 1.29 is 4.74 Å². The summed E-state index contributed by atoms with van der Waals surface area (Å²) in [5.41, 5.74) is 2.37. The number of ether oxygens (including phenoxy) is 1. The van der Waals surface area contributed by atoms with Gasteiger partial charge in [-0.15, -0.1) is 0 Å². The number of benzene rings is 2. The zero-order chi connectivity index (χ0) is 14.1. The fourth-order valence-electron chi connectivity index (χ4n) is 2.17. The predicted octanol–water partition coefficient (Wildman–Crippen LogP) is 4.46. The zero-order valence-electron chi connectivity index (χ0n) is 10.8. The van der Waals surface area contributed by atoms with Gasteiger partial charge in [-0.05, 0) is 52.4 Å². The van der Waals surface area contributed by atoms with Crippen LogP contribution in [0.3, 0.4) is 0 Å². The highest BCUT2D eigenvalue weighted by atomic mass is 127. The maximum Gasteiger partial charge on any atom is 0.118 e. The number of halogens is 2. The molecular weight excluding hydrogens is 431 g/mol. The largest absolute Gasteiger partial charge is 0.497 e. The van der Waals surface area contributed by atoms with E-state index < -0.39 is 0 Å². The van der Waals surface area contributed by atoms with Gasteiger partial charge >= 0.3 is 0 Å². The Kier molecular flexibility index (Phi) is 3.98. The fraction of sp³-hybridized carbons (Fsp3) is 0.133. The van der Waals surface area contributed by atoms with Gasteiger partial charge in [0.15, 0.2) is 0 Å². The number of nitrogens with zero attached hydrogens (tertiary/aromatic N) is 2. The summed E-state index contributed by atoms with van der Waals surface area (Å²) in [7, 11) is 1.68. The van der Waals surface area contributed by atoms with E-state index in [9.17, 15) is 0 Å². The highest BCUT2D eigenvalue weighted by Gasteiger charge is 2.08. The molecule has 3 nitrogen and oxygen atoms in total. The van der Waals surface area contributed by atoms with Crippen LogP contribution in [0, 0.1) is 3.57 Å². The molecule has 0 fully saturated rings. The molecule has 0 aliphatic carbocycles. The Morgan fingerprint density at radius 1 is 1.25 bits per heavy atom. The van der Waals surface area contributed by atoms with E-state index in [-0.39, 0.29) is 0 Å². The second-order valence-electron chi connectivity index (χ2n) is 4.48. The summed E-state index contributed by atoms with van der Waals surface area (Å²) in [4.78, 5) is 0. The van der Waals surface area contributed by atoms with Gasteiger partial charge in [0.05, 0.1) is 25.4 Å². The van der Waals surface area contributed by atoms with Crippen molar-refractivity contribution in [3.8, 4) is 5.75 Å². The SMILES string of the molecule is COc1ccc(Cn2ncc3cc(Br)cc(I)c32)cc1. The molecule has 0 saturated heterocycles. The minimum Gasteiger partial charge on any atom is -0.497 e. The van der Waals surface area contributed by atoms with E-state index >= 15 is 0 Å². The maximum absolute atomic E-state index is 5.18. The normalized spacial score (nSPS) is 10.9. The third kappa shape index (κ3) is 2.69. The topological polar surface area (TPSA) is 27.1 Å². The van der Waals surface area contributed by atoms with E-state index in [4.69, 9.17) is 4.74 Å². The van der Waals surface area contributed by atoms with Crippen LogP contribution in [0.1, 0.15) is 5.56 Å². The van der Waals surface area contributed by atoms with Crippen LogP contribution in [0.15, 0.2) is 47.1 Å². The lowest BCUT2D eigenvalue weighted by atomic mass is 10.2. The minimum absolute atomic E-state index is 0.755. The standard InChI is InChI=1S/C15H12BrIN2O/c1-20-13-4-2-10(3-5-13)9-19-15-11(8-18-19)6-12(16)7-14(15)17/h2-8H,9H2,1H3. The molecule has 1 heterocycles. The Hall–Kier alpha value is -1.08. The number of hydrogen-bond donors (Lipinski definition) is 0. The first-order chi connectivity index (χ1) is 9.67. The summed E-state index contributed by atoms with van der Waals surface area (Å²) in [5.74, 6) is 0.873. The second kappa shape index (κ2) is 5.73. The van der Waals surface area contributed by atoms with Crippen molar-refractivity contribution in [3.63, 3.8) is 0 Å². The van der Waals surface area contributed by atoms with Crippen LogP contribution in [0.4, 0.5) is 0 Å². The van der Waals surface area contributed by atoms with Crippen LogP contribution in [0.2, 0.25) is 0 Å². The average Bonchev–Trinajstić information content (AvgIpc) is 2.82. The van der Waals surface area contributed by atoms with Crippen LogP contribution in [-0.4, -0.2) is 16.9 Å². The van der Waals surface area contributed by atoms with Gasteiger partial charge in [0.2, 0.25) is 0 Å². The fourth-order valence-corrected chi connectivity index (χ4v) is 4.00. The first-order valence-corrected chi connectivity index (χ1v) is 7.98. The molecule has 5 heteroatoms. The van der Waals surface area contributed by atoms with Crippen molar-refractivity contribution in [1.29, 1.82) is 0 Å². The molecule has 2 aromatic carbocycles. The third-order valence-corrected chi connectivity index (χ3v) is 4.42. The number of aromatic nitrogens is 2. The highest BCUT2D eigenvalue weighted by molar-refractivity contribution is 14.1. The Bertz CT molecular complexity index is 752. The van der Waals surface area contributed by atoms with Gasteiger partial charge in [0.25, 0.3) is 0 Å². The highest BCUT2D eigenvalue weighted by Crippen LogP contribution is 2.26. The van der Waals surface area contributed by atoms with Crippen molar-refractivity contribution in [2.75, 3.05) is 7.11 Å². The third-order valence-electron chi connectivity index (χ3n) is 3.14.